The van der Waals surface area contributed by atoms with Crippen molar-refractivity contribution in [3.63, 3.8) is 0 Å². The summed E-state index contributed by atoms with van der Waals surface area (Å²) in [5, 5.41) is 8.75. The SMILES string of the molecule is CCCl.CCOc1ccc(I)cc1.Oc1ccc(I)cc1. The Morgan fingerprint density at radius 1 is 0.905 bits per heavy atom. The molecule has 0 fully saturated rings. The van der Waals surface area contributed by atoms with Gasteiger partial charge in [-0.05, 0) is 101 Å². The van der Waals surface area contributed by atoms with E-state index in [-0.39, 0.29) is 0 Å². The zero-order chi connectivity index (χ0) is 16.1. The maximum atomic E-state index is 8.75. The van der Waals surface area contributed by atoms with Gasteiger partial charge in [0.1, 0.15) is 11.5 Å². The van der Waals surface area contributed by atoms with Gasteiger partial charge in [-0.3, -0.25) is 0 Å². The van der Waals surface area contributed by atoms with Crippen LogP contribution in [0.1, 0.15) is 13.8 Å². The Morgan fingerprint density at radius 2 is 1.29 bits per heavy atom. The molecule has 2 nitrogen and oxygen atoms in total. The van der Waals surface area contributed by atoms with E-state index in [1.54, 1.807) is 12.1 Å². The molecule has 0 aromatic heterocycles. The third-order valence-corrected chi connectivity index (χ3v) is 3.39. The number of benzene rings is 2. The molecule has 0 aliphatic rings. The van der Waals surface area contributed by atoms with Gasteiger partial charge in [0, 0.05) is 13.0 Å². The lowest BCUT2D eigenvalue weighted by molar-refractivity contribution is 0.340. The van der Waals surface area contributed by atoms with E-state index in [9.17, 15) is 0 Å². The van der Waals surface area contributed by atoms with Gasteiger partial charge in [0.2, 0.25) is 0 Å². The number of phenolic OH excluding ortho intramolecular Hbond substituents is 1. The number of phenols is 1. The van der Waals surface area contributed by atoms with Gasteiger partial charge in [-0.15, -0.1) is 11.6 Å². The van der Waals surface area contributed by atoms with Crippen LogP contribution in [-0.4, -0.2) is 17.6 Å². The highest BCUT2D eigenvalue weighted by molar-refractivity contribution is 14.1. The van der Waals surface area contributed by atoms with Crippen LogP contribution in [0.2, 0.25) is 0 Å². The van der Waals surface area contributed by atoms with E-state index in [0.717, 1.165) is 21.8 Å². The van der Waals surface area contributed by atoms with Crippen LogP contribution < -0.4 is 4.74 Å². The molecule has 0 bridgehead atoms. The van der Waals surface area contributed by atoms with Crippen LogP contribution in [0.25, 0.3) is 0 Å². The number of hydrogen-bond donors (Lipinski definition) is 1. The second-order valence-corrected chi connectivity index (χ2v) is 6.66. The summed E-state index contributed by atoms with van der Waals surface area (Å²) in [7, 11) is 0. The summed E-state index contributed by atoms with van der Waals surface area (Å²) in [4.78, 5) is 0. The highest BCUT2D eigenvalue weighted by Crippen LogP contribution is 2.12. The fourth-order valence-corrected chi connectivity index (χ4v) is 1.86. The molecule has 0 radical (unpaired) electrons. The van der Waals surface area contributed by atoms with Crippen LogP contribution in [0.3, 0.4) is 0 Å². The monoisotopic (exact) mass is 532 g/mol. The van der Waals surface area contributed by atoms with Crippen molar-refractivity contribution in [3.8, 4) is 11.5 Å². The minimum Gasteiger partial charge on any atom is -0.508 e. The van der Waals surface area contributed by atoms with Crippen LogP contribution >= 0.6 is 56.8 Å². The van der Waals surface area contributed by atoms with Gasteiger partial charge in [-0.1, -0.05) is 6.92 Å². The minimum absolute atomic E-state index is 0.324. The summed E-state index contributed by atoms with van der Waals surface area (Å²) in [5.74, 6) is 1.99. The lowest BCUT2D eigenvalue weighted by Gasteiger charge is -2.00. The molecule has 0 spiro atoms. The molecule has 0 atom stereocenters. The molecule has 0 heterocycles. The average Bonchev–Trinajstić information content (AvgIpc) is 2.47. The number of aromatic hydroxyl groups is 1. The van der Waals surface area contributed by atoms with Crippen LogP contribution in [0.15, 0.2) is 48.5 Å². The first-order valence-corrected chi connectivity index (χ1v) is 9.11. The van der Waals surface area contributed by atoms with Crippen LogP contribution in [-0.2, 0) is 0 Å². The van der Waals surface area contributed by atoms with Gasteiger partial charge < -0.3 is 9.84 Å². The van der Waals surface area contributed by atoms with Crippen molar-refractivity contribution in [2.45, 2.75) is 13.8 Å². The topological polar surface area (TPSA) is 29.5 Å². The number of hydrogen-bond acceptors (Lipinski definition) is 2. The summed E-state index contributed by atoms with van der Waals surface area (Å²) in [5.41, 5.74) is 0. The predicted molar refractivity (Wildman–Crippen MR) is 108 cm³/mol. The first-order chi connectivity index (χ1) is 10.0. The Bertz CT molecular complexity index is 452. The van der Waals surface area contributed by atoms with Crippen molar-refractivity contribution in [3.05, 3.63) is 55.7 Å². The second kappa shape index (κ2) is 13.5. The molecule has 0 amide bonds. The van der Waals surface area contributed by atoms with Gasteiger partial charge in [0.05, 0.1) is 6.61 Å². The smallest absolute Gasteiger partial charge is 0.119 e. The summed E-state index contributed by atoms with van der Waals surface area (Å²) < 4.78 is 7.63. The highest BCUT2D eigenvalue weighted by atomic mass is 127. The second-order valence-electron chi connectivity index (χ2n) is 3.63. The van der Waals surface area contributed by atoms with Crippen molar-refractivity contribution in [1.29, 1.82) is 0 Å². The minimum atomic E-state index is 0.324. The molecule has 0 saturated heterocycles. The fraction of sp³-hybridized carbons (Fsp3) is 0.250. The molecule has 21 heavy (non-hydrogen) atoms. The molecule has 5 heteroatoms. The summed E-state index contributed by atoms with van der Waals surface area (Å²) in [6.45, 7) is 4.61. The summed E-state index contributed by atoms with van der Waals surface area (Å²) >= 11 is 9.45. The Morgan fingerprint density at radius 3 is 1.62 bits per heavy atom. The van der Waals surface area contributed by atoms with E-state index in [2.05, 4.69) is 45.2 Å². The fourth-order valence-electron chi connectivity index (χ4n) is 1.14. The quantitative estimate of drug-likeness (QED) is 0.384. The Kier molecular flexibility index (Phi) is 13.3. The molecule has 2 rings (SSSR count). The maximum Gasteiger partial charge on any atom is 0.119 e. The van der Waals surface area contributed by atoms with E-state index in [0.29, 0.717) is 5.75 Å². The van der Waals surface area contributed by atoms with E-state index in [1.807, 2.05) is 50.2 Å². The van der Waals surface area contributed by atoms with Crippen molar-refractivity contribution < 1.29 is 9.84 Å². The molecule has 1 N–H and O–H groups in total. The average molecular weight is 533 g/mol. The lowest BCUT2D eigenvalue weighted by Crippen LogP contribution is -1.90. The van der Waals surface area contributed by atoms with Crippen LogP contribution in [0, 0.1) is 7.14 Å². The maximum absolute atomic E-state index is 8.75. The summed E-state index contributed by atoms with van der Waals surface area (Å²) in [6, 6.07) is 15.1. The van der Waals surface area contributed by atoms with E-state index in [1.165, 1.54) is 3.57 Å². The highest BCUT2D eigenvalue weighted by Gasteiger charge is 1.89. The molecule has 116 valence electrons. The van der Waals surface area contributed by atoms with Crippen molar-refractivity contribution in [2.24, 2.45) is 0 Å². The van der Waals surface area contributed by atoms with E-state index in [4.69, 9.17) is 21.4 Å². The summed E-state index contributed by atoms with van der Waals surface area (Å²) in [6.07, 6.45) is 0. The molecule has 0 unspecified atom stereocenters. The van der Waals surface area contributed by atoms with Crippen molar-refractivity contribution in [1.82, 2.24) is 0 Å². The van der Waals surface area contributed by atoms with Gasteiger partial charge in [-0.25, -0.2) is 0 Å². The number of halogens is 3. The number of alkyl halides is 1. The number of rotatable bonds is 2. The van der Waals surface area contributed by atoms with Gasteiger partial charge in [0.15, 0.2) is 0 Å². The third-order valence-electron chi connectivity index (χ3n) is 1.95. The van der Waals surface area contributed by atoms with Gasteiger partial charge in [0.25, 0.3) is 0 Å². The molecule has 0 aliphatic heterocycles. The van der Waals surface area contributed by atoms with Crippen molar-refractivity contribution >= 4 is 56.8 Å². The molecular weight excluding hydrogens is 513 g/mol. The largest absolute Gasteiger partial charge is 0.508 e. The van der Waals surface area contributed by atoms with E-state index >= 15 is 0 Å². The lowest BCUT2D eigenvalue weighted by atomic mass is 10.3. The Balaban J connectivity index is 0.000000327. The molecular formula is C16H19ClI2O2. The normalized spacial score (nSPS) is 8.81. The molecule has 2 aromatic rings. The zero-order valence-corrected chi connectivity index (χ0v) is 17.1. The molecule has 2 aromatic carbocycles. The zero-order valence-electron chi connectivity index (χ0n) is 12.0. The first kappa shape index (κ1) is 20.8. The molecule has 0 saturated carbocycles. The Hall–Kier alpha value is -0.210. The Labute approximate surface area is 159 Å². The van der Waals surface area contributed by atoms with Gasteiger partial charge >= 0.3 is 0 Å². The van der Waals surface area contributed by atoms with E-state index < -0.39 is 0 Å². The van der Waals surface area contributed by atoms with Crippen LogP contribution in [0.5, 0.6) is 11.5 Å². The number of ether oxygens (including phenoxy) is 1. The van der Waals surface area contributed by atoms with Crippen molar-refractivity contribution in [2.75, 3.05) is 12.5 Å². The standard InChI is InChI=1S/C8H9IO.C6H5IO.C2H5Cl/c1-2-10-8-5-3-7(9)4-6-8;7-5-1-3-6(8)4-2-5;1-2-3/h3-6H,2H2,1H3;1-4,8H;2H2,1H3. The first-order valence-electron chi connectivity index (χ1n) is 6.42. The molecule has 0 aliphatic carbocycles. The van der Waals surface area contributed by atoms with Crippen LogP contribution in [0.4, 0.5) is 0 Å². The third kappa shape index (κ3) is 12.1. The predicted octanol–water partition coefficient (Wildman–Crippen LogP) is 5.93. The van der Waals surface area contributed by atoms with Gasteiger partial charge in [-0.2, -0.15) is 0 Å².